The van der Waals surface area contributed by atoms with Crippen molar-refractivity contribution in [1.29, 1.82) is 0 Å². The first kappa shape index (κ1) is 17.9. The van der Waals surface area contributed by atoms with Gasteiger partial charge in [-0.2, -0.15) is 0 Å². The van der Waals surface area contributed by atoms with Crippen LogP contribution >= 0.6 is 0 Å². The number of phenols is 1. The molecule has 0 saturated carbocycles. The van der Waals surface area contributed by atoms with Crippen molar-refractivity contribution in [1.82, 2.24) is 0 Å². The molecule has 0 unspecified atom stereocenters. The first-order valence-corrected chi connectivity index (χ1v) is 10.7. The second kappa shape index (κ2) is 8.96. The zero-order valence-electron chi connectivity index (χ0n) is 13.5. The Morgan fingerprint density at radius 2 is 1.65 bits per heavy atom. The Morgan fingerprint density at radius 3 is 2.30 bits per heavy atom. The van der Waals surface area contributed by atoms with Gasteiger partial charge in [0.05, 0.1) is 0 Å². The van der Waals surface area contributed by atoms with Gasteiger partial charge >= 0.3 is 135 Å². The van der Waals surface area contributed by atoms with Crippen molar-refractivity contribution < 1.29 is 5.11 Å². The maximum absolute atomic E-state index is 10.4. The number of hydrogen-bond donors (Lipinski definition) is 1. The molecule has 0 aliphatic heterocycles. The standard InChI is InChI=1S/C18H30OTe/c1-5-6-7-8-9-10-14-20-16-13-11-12-15(17(16)19)18(2,3)4/h11-13,19H,5-10,14H2,1-4H3. The summed E-state index contributed by atoms with van der Waals surface area (Å²) in [7, 11) is 0. The average Bonchev–Trinajstić information content (AvgIpc) is 2.38. The summed E-state index contributed by atoms with van der Waals surface area (Å²) in [6, 6.07) is 6.31. The van der Waals surface area contributed by atoms with Crippen LogP contribution in [0.15, 0.2) is 18.2 Å². The van der Waals surface area contributed by atoms with Crippen LogP contribution in [0.3, 0.4) is 0 Å². The van der Waals surface area contributed by atoms with E-state index in [1.807, 2.05) is 0 Å². The molecule has 0 atom stereocenters. The molecule has 0 heterocycles. The average molecular weight is 390 g/mol. The molecule has 0 aromatic heterocycles. The SMILES string of the molecule is CCCCCCCC[Te]c1cccc(C(C)(C)C)c1O. The Balaban J connectivity index is 2.41. The van der Waals surface area contributed by atoms with Crippen molar-refractivity contribution in [3.8, 4) is 5.75 Å². The minimum atomic E-state index is -0.225. The fraction of sp³-hybridized carbons (Fsp3) is 0.667. The molecule has 0 aliphatic carbocycles. The molecule has 1 aromatic carbocycles. The fourth-order valence-corrected chi connectivity index (χ4v) is 5.13. The number of para-hydroxylation sites is 1. The third kappa shape index (κ3) is 6.06. The molecular formula is C18H30OTe. The molecule has 114 valence electrons. The van der Waals surface area contributed by atoms with Crippen LogP contribution in [-0.4, -0.2) is 26.0 Å². The van der Waals surface area contributed by atoms with Crippen LogP contribution in [0.4, 0.5) is 0 Å². The van der Waals surface area contributed by atoms with E-state index in [-0.39, 0.29) is 26.3 Å². The Hall–Kier alpha value is -0.190. The van der Waals surface area contributed by atoms with Crippen LogP contribution in [0.5, 0.6) is 5.75 Å². The molecule has 0 saturated heterocycles. The van der Waals surface area contributed by atoms with Gasteiger partial charge in [-0.25, -0.2) is 0 Å². The summed E-state index contributed by atoms with van der Waals surface area (Å²) in [5, 5.41) is 10.4. The molecular weight excluding hydrogens is 360 g/mol. The Labute approximate surface area is 135 Å². The number of benzene rings is 1. The molecule has 0 radical (unpaired) electrons. The van der Waals surface area contributed by atoms with Gasteiger partial charge in [0.2, 0.25) is 0 Å². The zero-order chi connectivity index (χ0) is 15.0. The topological polar surface area (TPSA) is 20.2 Å². The van der Waals surface area contributed by atoms with E-state index in [0.717, 1.165) is 5.56 Å². The Bertz CT molecular complexity index is 393. The van der Waals surface area contributed by atoms with Crippen molar-refractivity contribution in [2.24, 2.45) is 0 Å². The van der Waals surface area contributed by atoms with E-state index >= 15 is 0 Å². The van der Waals surface area contributed by atoms with Gasteiger partial charge in [-0.15, -0.1) is 0 Å². The van der Waals surface area contributed by atoms with Crippen molar-refractivity contribution in [3.63, 3.8) is 0 Å². The van der Waals surface area contributed by atoms with Gasteiger partial charge < -0.3 is 0 Å². The summed E-state index contributed by atoms with van der Waals surface area (Å²) < 4.78 is 2.56. The molecule has 0 amide bonds. The third-order valence-corrected chi connectivity index (χ3v) is 6.80. The predicted molar refractivity (Wildman–Crippen MR) is 90.4 cm³/mol. The molecule has 1 aromatic rings. The molecule has 1 N–H and O–H groups in total. The second-order valence-corrected chi connectivity index (χ2v) is 9.76. The van der Waals surface area contributed by atoms with E-state index in [9.17, 15) is 5.11 Å². The quantitative estimate of drug-likeness (QED) is 0.500. The Morgan fingerprint density at radius 1 is 1.00 bits per heavy atom. The van der Waals surface area contributed by atoms with Gasteiger partial charge in [0.15, 0.2) is 0 Å². The second-order valence-electron chi connectivity index (χ2n) is 6.52. The molecule has 0 aliphatic rings. The van der Waals surface area contributed by atoms with E-state index in [2.05, 4.69) is 45.9 Å². The van der Waals surface area contributed by atoms with Crippen LogP contribution in [0.2, 0.25) is 4.47 Å². The van der Waals surface area contributed by atoms with Crippen molar-refractivity contribution in [3.05, 3.63) is 23.8 Å². The Kier molecular flexibility index (Phi) is 8.00. The summed E-state index contributed by atoms with van der Waals surface area (Å²) in [5.41, 5.74) is 1.13. The van der Waals surface area contributed by atoms with Crippen LogP contribution in [-0.2, 0) is 5.41 Å². The van der Waals surface area contributed by atoms with E-state index in [1.54, 1.807) is 0 Å². The van der Waals surface area contributed by atoms with Gasteiger partial charge in [-0.1, -0.05) is 0 Å². The third-order valence-electron chi connectivity index (χ3n) is 3.56. The first-order valence-electron chi connectivity index (χ1n) is 7.92. The molecule has 1 rings (SSSR count). The summed E-state index contributed by atoms with van der Waals surface area (Å²) in [5.74, 6) is 0.577. The van der Waals surface area contributed by atoms with E-state index in [0.29, 0.717) is 5.75 Å². The van der Waals surface area contributed by atoms with Gasteiger partial charge in [0.25, 0.3) is 0 Å². The van der Waals surface area contributed by atoms with E-state index < -0.39 is 0 Å². The van der Waals surface area contributed by atoms with Gasteiger partial charge in [-0.05, 0) is 0 Å². The zero-order valence-corrected chi connectivity index (χ0v) is 15.9. The number of hydrogen-bond acceptors (Lipinski definition) is 1. The summed E-state index contributed by atoms with van der Waals surface area (Å²) in [4.78, 5) is 0. The monoisotopic (exact) mass is 392 g/mol. The first-order chi connectivity index (χ1) is 9.46. The maximum atomic E-state index is 10.4. The van der Waals surface area contributed by atoms with Crippen LogP contribution < -0.4 is 3.61 Å². The number of aromatic hydroxyl groups is 1. The van der Waals surface area contributed by atoms with Crippen molar-refractivity contribution >= 4 is 24.5 Å². The summed E-state index contributed by atoms with van der Waals surface area (Å²) in [6.45, 7) is 8.76. The number of unbranched alkanes of at least 4 members (excludes halogenated alkanes) is 5. The predicted octanol–water partition coefficient (Wildman–Crippen LogP) is 4.80. The molecule has 0 bridgehead atoms. The molecule has 20 heavy (non-hydrogen) atoms. The molecule has 0 fully saturated rings. The van der Waals surface area contributed by atoms with E-state index in [4.69, 9.17) is 0 Å². The normalized spacial score (nSPS) is 11.8. The van der Waals surface area contributed by atoms with Crippen molar-refractivity contribution in [2.75, 3.05) is 0 Å². The van der Waals surface area contributed by atoms with E-state index in [1.165, 1.54) is 46.6 Å². The summed E-state index contributed by atoms with van der Waals surface area (Å²) in [6.07, 6.45) is 8.18. The van der Waals surface area contributed by atoms with Crippen LogP contribution in [0.1, 0.15) is 71.8 Å². The minimum absolute atomic E-state index is 0.0349. The van der Waals surface area contributed by atoms with Gasteiger partial charge in [-0.3, -0.25) is 0 Å². The molecule has 0 spiro atoms. The van der Waals surface area contributed by atoms with Crippen LogP contribution in [0, 0.1) is 0 Å². The van der Waals surface area contributed by atoms with Crippen molar-refractivity contribution in [2.45, 2.75) is 76.1 Å². The summed E-state index contributed by atoms with van der Waals surface area (Å²) >= 11 is -0.225. The van der Waals surface area contributed by atoms with Crippen LogP contribution in [0.25, 0.3) is 0 Å². The number of rotatable bonds is 8. The number of phenolic OH excluding ortho intramolecular Hbond substituents is 1. The van der Waals surface area contributed by atoms with Gasteiger partial charge in [0.1, 0.15) is 0 Å². The van der Waals surface area contributed by atoms with Gasteiger partial charge in [0, 0.05) is 0 Å². The molecule has 2 heteroatoms. The molecule has 1 nitrogen and oxygen atoms in total. The fourth-order valence-electron chi connectivity index (χ4n) is 2.31.